The first-order valence-corrected chi connectivity index (χ1v) is 8.53. The van der Waals surface area contributed by atoms with Gasteiger partial charge in [0.2, 0.25) is 0 Å². The largest absolute Gasteiger partial charge is 0.337 e. The van der Waals surface area contributed by atoms with Crippen LogP contribution >= 0.6 is 11.6 Å². The summed E-state index contributed by atoms with van der Waals surface area (Å²) in [6.07, 6.45) is 6.61. The molecule has 1 aliphatic heterocycles. The molecule has 0 amide bonds. The van der Waals surface area contributed by atoms with Crippen molar-refractivity contribution in [3.63, 3.8) is 0 Å². The minimum absolute atomic E-state index is 0.181. The van der Waals surface area contributed by atoms with Crippen LogP contribution in [-0.4, -0.2) is 22.8 Å². The third-order valence-corrected chi connectivity index (χ3v) is 5.56. The highest BCUT2D eigenvalue weighted by atomic mass is 35.5. The Hall–Kier alpha value is -1.35. The van der Waals surface area contributed by atoms with Gasteiger partial charge in [0.15, 0.2) is 5.62 Å². The molecule has 116 valence electrons. The molecule has 1 fully saturated rings. The molecule has 0 radical (unpaired) electrons. The molecule has 3 aliphatic rings. The number of nitrogens with zero attached hydrogens (tertiary/aromatic N) is 2. The van der Waals surface area contributed by atoms with Gasteiger partial charge >= 0.3 is 0 Å². The van der Waals surface area contributed by atoms with E-state index in [1.165, 1.54) is 29.7 Å². The first kappa shape index (κ1) is 14.3. The predicted octanol–water partition coefficient (Wildman–Crippen LogP) is 4.66. The fourth-order valence-electron chi connectivity index (χ4n) is 3.84. The van der Waals surface area contributed by atoms with Crippen LogP contribution in [0.25, 0.3) is 0 Å². The maximum atomic E-state index is 13.2. The maximum Gasteiger partial charge on any atom is 0.197 e. The van der Waals surface area contributed by atoms with Crippen LogP contribution in [-0.2, 0) is 0 Å². The van der Waals surface area contributed by atoms with Gasteiger partial charge in [-0.05, 0) is 61.8 Å². The van der Waals surface area contributed by atoms with Gasteiger partial charge in [-0.2, -0.15) is 0 Å². The zero-order chi connectivity index (χ0) is 15.3. The Kier molecular flexibility index (Phi) is 3.48. The van der Waals surface area contributed by atoms with Gasteiger partial charge < -0.3 is 4.90 Å². The van der Waals surface area contributed by atoms with Crippen molar-refractivity contribution in [3.8, 4) is 0 Å². The van der Waals surface area contributed by atoms with Crippen molar-refractivity contribution in [3.05, 3.63) is 46.9 Å². The quantitative estimate of drug-likeness (QED) is 0.584. The molecule has 1 aromatic carbocycles. The van der Waals surface area contributed by atoms with E-state index in [1.54, 1.807) is 12.1 Å². The Bertz CT molecular complexity index is 633. The zero-order valence-corrected chi connectivity index (χ0v) is 13.4. The number of hydrogen-bond donors (Lipinski definition) is 0. The average molecular weight is 319 g/mol. The van der Waals surface area contributed by atoms with Crippen LogP contribution in [0.15, 0.2) is 40.5 Å². The molecule has 1 heterocycles. The molecule has 0 aromatic heterocycles. The smallest absolute Gasteiger partial charge is 0.197 e. The Labute approximate surface area is 135 Å². The molecule has 2 unspecified atom stereocenters. The normalized spacial score (nSPS) is 29.0. The third kappa shape index (κ3) is 2.36. The van der Waals surface area contributed by atoms with Crippen LogP contribution in [0, 0.1) is 11.7 Å². The van der Waals surface area contributed by atoms with Gasteiger partial charge in [0.1, 0.15) is 5.82 Å². The molecule has 1 saturated carbocycles. The van der Waals surface area contributed by atoms with Gasteiger partial charge in [-0.1, -0.05) is 23.7 Å². The maximum absolute atomic E-state index is 13.2. The van der Waals surface area contributed by atoms with E-state index >= 15 is 0 Å². The van der Waals surface area contributed by atoms with Crippen LogP contribution in [0.4, 0.5) is 4.39 Å². The summed E-state index contributed by atoms with van der Waals surface area (Å²) < 4.78 is 13.2. The number of allylic oxidation sites excluding steroid dienone is 2. The van der Waals surface area contributed by atoms with Crippen LogP contribution in [0.2, 0.25) is 0 Å². The molecule has 0 spiro atoms. The van der Waals surface area contributed by atoms with E-state index in [-0.39, 0.29) is 11.4 Å². The molecule has 1 aromatic rings. The van der Waals surface area contributed by atoms with Crippen LogP contribution in [0.3, 0.4) is 0 Å². The van der Waals surface area contributed by atoms with Crippen molar-refractivity contribution in [1.29, 1.82) is 0 Å². The molecule has 4 heteroatoms. The van der Waals surface area contributed by atoms with Crippen molar-refractivity contribution in [2.45, 2.75) is 50.2 Å². The van der Waals surface area contributed by atoms with Crippen molar-refractivity contribution in [2.24, 2.45) is 10.9 Å². The number of hydrogen-bond acceptors (Lipinski definition) is 2. The van der Waals surface area contributed by atoms with E-state index in [0.29, 0.717) is 12.0 Å². The van der Waals surface area contributed by atoms with Crippen LogP contribution in [0.1, 0.15) is 44.1 Å². The summed E-state index contributed by atoms with van der Waals surface area (Å²) in [5.74, 6) is 0.863. The van der Waals surface area contributed by atoms with Crippen LogP contribution < -0.4 is 0 Å². The predicted molar refractivity (Wildman–Crippen MR) is 87.6 cm³/mol. The van der Waals surface area contributed by atoms with Crippen molar-refractivity contribution < 1.29 is 4.39 Å². The van der Waals surface area contributed by atoms with Gasteiger partial charge in [0.05, 0.1) is 0 Å². The summed E-state index contributed by atoms with van der Waals surface area (Å²) in [4.78, 5) is 6.79. The first-order valence-electron chi connectivity index (χ1n) is 8.09. The highest BCUT2D eigenvalue weighted by Gasteiger charge is 2.41. The Morgan fingerprint density at radius 1 is 1.23 bits per heavy atom. The lowest BCUT2D eigenvalue weighted by Gasteiger charge is -2.39. The SMILES string of the molecule is C[C@@H](C1CC1)N1C2=C(C=NC1Cl)CCC2c1ccc(F)cc1. The van der Waals surface area contributed by atoms with Gasteiger partial charge in [0, 0.05) is 23.9 Å². The lowest BCUT2D eigenvalue weighted by Crippen LogP contribution is -2.41. The number of aliphatic imine (C=N–C) groups is 1. The molecule has 0 bridgehead atoms. The third-order valence-electron chi connectivity index (χ3n) is 5.24. The average Bonchev–Trinajstić information content (AvgIpc) is 3.28. The molecule has 0 N–H and O–H groups in total. The fraction of sp³-hybridized carbons (Fsp3) is 0.500. The molecule has 2 aliphatic carbocycles. The number of alkyl halides is 1. The number of benzene rings is 1. The zero-order valence-electron chi connectivity index (χ0n) is 12.7. The van der Waals surface area contributed by atoms with Crippen molar-refractivity contribution >= 4 is 17.8 Å². The lowest BCUT2D eigenvalue weighted by molar-refractivity contribution is 0.214. The summed E-state index contributed by atoms with van der Waals surface area (Å²) >= 11 is 6.53. The summed E-state index contributed by atoms with van der Waals surface area (Å²) in [6.45, 7) is 2.26. The van der Waals surface area contributed by atoms with E-state index in [1.807, 2.05) is 18.3 Å². The van der Waals surface area contributed by atoms with E-state index < -0.39 is 0 Å². The monoisotopic (exact) mass is 318 g/mol. The highest BCUT2D eigenvalue weighted by molar-refractivity contribution is 6.21. The van der Waals surface area contributed by atoms with Gasteiger partial charge in [-0.15, -0.1) is 0 Å². The molecule has 0 saturated heterocycles. The number of halogens is 2. The van der Waals surface area contributed by atoms with E-state index in [2.05, 4.69) is 16.8 Å². The van der Waals surface area contributed by atoms with Crippen molar-refractivity contribution in [1.82, 2.24) is 4.90 Å². The molecular formula is C18H20ClFN2. The molecule has 4 rings (SSSR count). The van der Waals surface area contributed by atoms with Crippen LogP contribution in [0.5, 0.6) is 0 Å². The van der Waals surface area contributed by atoms with Gasteiger partial charge in [-0.25, -0.2) is 4.39 Å². The first-order chi connectivity index (χ1) is 10.6. The summed E-state index contributed by atoms with van der Waals surface area (Å²) in [5.41, 5.74) is 3.49. The lowest BCUT2D eigenvalue weighted by atomic mass is 9.94. The second-order valence-electron chi connectivity index (χ2n) is 6.63. The minimum atomic E-state index is -0.310. The Balaban J connectivity index is 1.71. The molecule has 2 nitrogen and oxygen atoms in total. The summed E-state index contributed by atoms with van der Waals surface area (Å²) in [6, 6.07) is 7.34. The van der Waals surface area contributed by atoms with E-state index in [4.69, 9.17) is 11.6 Å². The second kappa shape index (κ2) is 5.38. The van der Waals surface area contributed by atoms with Gasteiger partial charge in [0.25, 0.3) is 0 Å². The van der Waals surface area contributed by atoms with E-state index in [9.17, 15) is 4.39 Å². The topological polar surface area (TPSA) is 15.6 Å². The summed E-state index contributed by atoms with van der Waals surface area (Å²) in [7, 11) is 0. The Morgan fingerprint density at radius 3 is 2.64 bits per heavy atom. The van der Waals surface area contributed by atoms with Crippen molar-refractivity contribution in [2.75, 3.05) is 0 Å². The van der Waals surface area contributed by atoms with E-state index in [0.717, 1.165) is 18.8 Å². The molecular weight excluding hydrogens is 299 g/mol. The summed E-state index contributed by atoms with van der Waals surface area (Å²) in [5, 5.41) is 0. The fourth-order valence-corrected chi connectivity index (χ4v) is 4.18. The Morgan fingerprint density at radius 2 is 1.95 bits per heavy atom. The molecule has 22 heavy (non-hydrogen) atoms. The number of rotatable bonds is 3. The molecule has 3 atom stereocenters. The second-order valence-corrected chi connectivity index (χ2v) is 7.02. The highest BCUT2D eigenvalue weighted by Crippen LogP contribution is 2.47. The minimum Gasteiger partial charge on any atom is -0.337 e. The van der Waals surface area contributed by atoms with Gasteiger partial charge in [-0.3, -0.25) is 4.99 Å². The standard InChI is InChI=1S/C18H20ClFN2/c1-11(12-2-3-12)22-17-14(10-21-18(22)19)6-9-16(17)13-4-7-15(20)8-5-13/h4-5,7-8,10-12,16,18H,2-3,6,9H2,1H3/t11-,16?,18?/m0/s1.